The number of nitrogens with one attached hydrogen (secondary N) is 1. The van der Waals surface area contributed by atoms with Crippen molar-refractivity contribution in [1.29, 1.82) is 0 Å². The summed E-state index contributed by atoms with van der Waals surface area (Å²) in [6, 6.07) is 4.85. The number of nitrogens with zero attached hydrogens (tertiary/aromatic N) is 3. The Morgan fingerprint density at radius 1 is 1.06 bits per heavy atom. The summed E-state index contributed by atoms with van der Waals surface area (Å²) in [4.78, 5) is 2.39. The van der Waals surface area contributed by atoms with Crippen LogP contribution >= 0.6 is 0 Å². The van der Waals surface area contributed by atoms with Crippen LogP contribution in [0.15, 0.2) is 24.3 Å². The van der Waals surface area contributed by atoms with E-state index in [0.29, 0.717) is 56.3 Å². The van der Waals surface area contributed by atoms with Gasteiger partial charge in [-0.1, -0.05) is 0 Å². The molecule has 172 valence electrons. The van der Waals surface area contributed by atoms with Gasteiger partial charge < -0.3 is 15.2 Å². The van der Waals surface area contributed by atoms with Crippen LogP contribution in [0.1, 0.15) is 25.7 Å². The third-order valence-corrected chi connectivity index (χ3v) is 7.05. The third-order valence-electron chi connectivity index (χ3n) is 7.05. The van der Waals surface area contributed by atoms with Crippen molar-refractivity contribution in [1.82, 2.24) is 15.1 Å². The van der Waals surface area contributed by atoms with Gasteiger partial charge in [0, 0.05) is 63.4 Å². The number of rotatable bonds is 5. The molecule has 1 saturated carbocycles. The highest BCUT2D eigenvalue weighted by molar-refractivity contribution is 5.60. The number of halogens is 3. The van der Waals surface area contributed by atoms with Gasteiger partial charge in [0.25, 0.3) is 0 Å². The number of hydrogen-bond donors (Lipinski definition) is 2. The molecule has 0 spiro atoms. The second-order valence-electron chi connectivity index (χ2n) is 9.42. The first-order valence-corrected chi connectivity index (χ1v) is 11.2. The lowest BCUT2D eigenvalue weighted by molar-refractivity contribution is -0.0779. The summed E-state index contributed by atoms with van der Waals surface area (Å²) >= 11 is 0. The number of β-amino-alcohol motifs (C(OH)–C–C–N with tert-alkyl or cyclic N) is 1. The molecule has 9 heteroatoms. The largest absolute Gasteiger partial charge is 0.388 e. The molecule has 3 heterocycles. The van der Waals surface area contributed by atoms with E-state index in [1.807, 2.05) is 0 Å². The van der Waals surface area contributed by atoms with Crippen molar-refractivity contribution in [3.63, 3.8) is 0 Å². The van der Waals surface area contributed by atoms with Crippen molar-refractivity contribution < 1.29 is 23.0 Å². The zero-order valence-corrected chi connectivity index (χ0v) is 17.7. The summed E-state index contributed by atoms with van der Waals surface area (Å²) in [5, 5.41) is 22.2. The summed E-state index contributed by atoms with van der Waals surface area (Å²) < 4.78 is 46.3. The number of hydrogen-bond acceptors (Lipinski definition) is 6. The molecule has 5 rings (SSSR count). The topological polar surface area (TPSA) is 70.5 Å². The summed E-state index contributed by atoms with van der Waals surface area (Å²) in [6.07, 6.45) is 3.42. The molecule has 0 amide bonds. The van der Waals surface area contributed by atoms with Gasteiger partial charge in [-0.15, -0.1) is 10.2 Å². The van der Waals surface area contributed by atoms with E-state index in [1.165, 1.54) is 6.07 Å². The Morgan fingerprint density at radius 3 is 2.44 bits per heavy atom. The predicted octanol–water partition coefficient (Wildman–Crippen LogP) is 3.22. The van der Waals surface area contributed by atoms with Gasteiger partial charge in [0.15, 0.2) is 11.6 Å². The van der Waals surface area contributed by atoms with Gasteiger partial charge in [-0.05, 0) is 42.9 Å². The van der Waals surface area contributed by atoms with Gasteiger partial charge in [-0.25, -0.2) is 13.2 Å². The molecular weight excluding hydrogens is 421 g/mol. The van der Waals surface area contributed by atoms with Crippen molar-refractivity contribution in [2.75, 3.05) is 38.2 Å². The zero-order valence-electron chi connectivity index (χ0n) is 17.7. The fourth-order valence-corrected chi connectivity index (χ4v) is 5.47. The molecule has 0 bridgehead atoms. The number of ether oxygens (including phenoxy) is 1. The second kappa shape index (κ2) is 8.61. The Bertz CT molecular complexity index is 954. The molecule has 1 aromatic carbocycles. The Hall–Kier alpha value is -2.23. The van der Waals surface area contributed by atoms with Crippen LogP contribution in [0.5, 0.6) is 0 Å². The third kappa shape index (κ3) is 4.46. The molecule has 3 atom stereocenters. The van der Waals surface area contributed by atoms with E-state index < -0.39 is 23.1 Å². The molecule has 2 N–H and O–H groups in total. The highest BCUT2D eigenvalue weighted by Gasteiger charge is 2.43. The minimum Gasteiger partial charge on any atom is -0.388 e. The second-order valence-corrected chi connectivity index (χ2v) is 9.42. The molecule has 3 fully saturated rings. The van der Waals surface area contributed by atoms with E-state index in [1.54, 1.807) is 6.07 Å². The fourth-order valence-electron chi connectivity index (χ4n) is 5.47. The van der Waals surface area contributed by atoms with Crippen molar-refractivity contribution in [3.05, 3.63) is 41.7 Å². The van der Waals surface area contributed by atoms with Gasteiger partial charge in [-0.3, -0.25) is 4.90 Å². The first-order chi connectivity index (χ1) is 15.4. The molecule has 32 heavy (non-hydrogen) atoms. The van der Waals surface area contributed by atoms with Crippen LogP contribution in [0, 0.1) is 29.3 Å². The van der Waals surface area contributed by atoms with Crippen LogP contribution in [0.4, 0.5) is 19.0 Å². The Labute approximate surface area is 184 Å². The molecular formula is C23H27F3N4O2. The average Bonchev–Trinajstić information content (AvgIpc) is 3.29. The van der Waals surface area contributed by atoms with Crippen molar-refractivity contribution in [2.24, 2.45) is 11.8 Å². The van der Waals surface area contributed by atoms with Crippen LogP contribution in [0.25, 0.3) is 11.3 Å². The Kier molecular flexibility index (Phi) is 5.81. The monoisotopic (exact) mass is 448 g/mol. The van der Waals surface area contributed by atoms with E-state index in [-0.39, 0.29) is 17.3 Å². The molecule has 6 nitrogen and oxygen atoms in total. The standard InChI is InChI=1S/C23H27F3N4O2/c24-16-9-18(22(26)19(25)10-16)20-1-2-21(29-28-20)27-17-7-14-11-30(12-15(14)8-17)13-23(31)3-5-32-6-4-23/h1-2,9-10,14-15,17,31H,3-8,11-13H2,(H,27,29)/t14-,15+,17?. The van der Waals surface area contributed by atoms with Crippen LogP contribution in [0.3, 0.4) is 0 Å². The summed E-state index contributed by atoms with van der Waals surface area (Å²) in [6.45, 7) is 3.95. The van der Waals surface area contributed by atoms with E-state index in [2.05, 4.69) is 20.4 Å². The maximum absolute atomic E-state index is 14.0. The number of aromatic nitrogens is 2. The molecule has 2 saturated heterocycles. The lowest BCUT2D eigenvalue weighted by atomic mass is 9.94. The van der Waals surface area contributed by atoms with E-state index >= 15 is 0 Å². The number of likely N-dealkylation sites (tertiary alicyclic amines) is 1. The first kappa shape index (κ1) is 21.6. The first-order valence-electron chi connectivity index (χ1n) is 11.2. The van der Waals surface area contributed by atoms with Gasteiger partial charge in [0.2, 0.25) is 0 Å². The maximum Gasteiger partial charge on any atom is 0.168 e. The van der Waals surface area contributed by atoms with Crippen molar-refractivity contribution in [3.8, 4) is 11.3 Å². The molecule has 1 aromatic heterocycles. The quantitative estimate of drug-likeness (QED) is 0.685. The predicted molar refractivity (Wildman–Crippen MR) is 112 cm³/mol. The summed E-state index contributed by atoms with van der Waals surface area (Å²) in [5.41, 5.74) is -0.796. The van der Waals surface area contributed by atoms with Gasteiger partial charge in [0.1, 0.15) is 11.6 Å². The Morgan fingerprint density at radius 2 is 1.78 bits per heavy atom. The number of fused-ring (bicyclic) bond motifs is 1. The SMILES string of the molecule is OC1(CN2C[C@H]3CC(Nc4ccc(-c5cc(F)cc(F)c5F)nn4)C[C@H]3C2)CCOCC1. The number of benzene rings is 1. The highest BCUT2D eigenvalue weighted by Crippen LogP contribution is 2.40. The number of anilines is 1. The molecule has 0 radical (unpaired) electrons. The molecule has 3 aliphatic rings. The lowest BCUT2D eigenvalue weighted by Gasteiger charge is -2.35. The summed E-state index contributed by atoms with van der Waals surface area (Å²) in [5.74, 6) is -1.54. The van der Waals surface area contributed by atoms with Crippen LogP contribution < -0.4 is 5.32 Å². The van der Waals surface area contributed by atoms with Gasteiger partial charge >= 0.3 is 0 Å². The minimum absolute atomic E-state index is 0.0800. The van der Waals surface area contributed by atoms with Crippen LogP contribution in [-0.4, -0.2) is 64.7 Å². The lowest BCUT2D eigenvalue weighted by Crippen LogP contribution is -2.46. The van der Waals surface area contributed by atoms with Crippen molar-refractivity contribution in [2.45, 2.75) is 37.3 Å². The van der Waals surface area contributed by atoms with E-state index in [0.717, 1.165) is 32.0 Å². The Balaban J connectivity index is 1.16. The number of aliphatic hydroxyl groups is 1. The molecule has 1 aliphatic carbocycles. The van der Waals surface area contributed by atoms with E-state index in [9.17, 15) is 18.3 Å². The smallest absolute Gasteiger partial charge is 0.168 e. The average molecular weight is 448 g/mol. The zero-order chi connectivity index (χ0) is 22.3. The minimum atomic E-state index is -1.25. The normalized spacial score (nSPS) is 27.4. The van der Waals surface area contributed by atoms with Crippen LogP contribution in [-0.2, 0) is 4.74 Å². The highest BCUT2D eigenvalue weighted by atomic mass is 19.2. The summed E-state index contributed by atoms with van der Waals surface area (Å²) in [7, 11) is 0. The fraction of sp³-hybridized carbons (Fsp3) is 0.565. The maximum atomic E-state index is 14.0. The molecule has 2 aliphatic heterocycles. The molecule has 2 aromatic rings. The van der Waals surface area contributed by atoms with Gasteiger partial charge in [0.05, 0.1) is 11.3 Å². The van der Waals surface area contributed by atoms with Gasteiger partial charge in [-0.2, -0.15) is 0 Å². The van der Waals surface area contributed by atoms with E-state index in [4.69, 9.17) is 4.74 Å². The van der Waals surface area contributed by atoms with Crippen molar-refractivity contribution >= 4 is 5.82 Å². The molecule has 1 unspecified atom stereocenters. The van der Waals surface area contributed by atoms with Crippen LogP contribution in [0.2, 0.25) is 0 Å².